The van der Waals surface area contributed by atoms with Gasteiger partial charge in [0.25, 0.3) is 0 Å². The van der Waals surface area contributed by atoms with Gasteiger partial charge in [0.15, 0.2) is 0 Å². The van der Waals surface area contributed by atoms with Crippen LogP contribution in [-0.2, 0) is 6.54 Å². The Balaban J connectivity index is 1.86. The van der Waals surface area contributed by atoms with Crippen molar-refractivity contribution >= 4 is 0 Å². The van der Waals surface area contributed by atoms with Crippen molar-refractivity contribution in [2.45, 2.75) is 39.0 Å². The summed E-state index contributed by atoms with van der Waals surface area (Å²) in [6.45, 7) is 8.19. The van der Waals surface area contributed by atoms with Crippen LogP contribution in [0.3, 0.4) is 0 Å². The van der Waals surface area contributed by atoms with Gasteiger partial charge in [0.05, 0.1) is 6.10 Å². The van der Waals surface area contributed by atoms with E-state index in [4.69, 9.17) is 0 Å². The lowest BCUT2D eigenvalue weighted by molar-refractivity contribution is 0.172. The van der Waals surface area contributed by atoms with E-state index in [0.717, 1.165) is 32.6 Å². The van der Waals surface area contributed by atoms with E-state index in [1.54, 1.807) is 0 Å². The van der Waals surface area contributed by atoms with Crippen molar-refractivity contribution in [1.82, 2.24) is 10.2 Å². The lowest BCUT2D eigenvalue weighted by Crippen LogP contribution is -2.38. The predicted molar refractivity (Wildman–Crippen MR) is 79.0 cm³/mol. The highest BCUT2D eigenvalue weighted by molar-refractivity contribution is 5.15. The maximum atomic E-state index is 9.89. The number of likely N-dealkylation sites (tertiary alicyclic amines) is 1. The van der Waals surface area contributed by atoms with Crippen molar-refractivity contribution in [3.05, 3.63) is 35.9 Å². The fourth-order valence-electron chi connectivity index (χ4n) is 2.72. The zero-order chi connectivity index (χ0) is 13.7. The average Bonchev–Trinajstić information content (AvgIpc) is 2.70. The first-order chi connectivity index (χ1) is 9.15. The number of nitrogens with zero attached hydrogens (tertiary/aromatic N) is 1. The van der Waals surface area contributed by atoms with Crippen LogP contribution in [0.1, 0.15) is 25.8 Å². The van der Waals surface area contributed by atoms with Gasteiger partial charge in [-0.3, -0.25) is 4.90 Å². The number of rotatable bonds is 6. The first-order valence-electron chi connectivity index (χ1n) is 7.32. The molecule has 0 saturated carbocycles. The van der Waals surface area contributed by atoms with Crippen LogP contribution in [0.4, 0.5) is 0 Å². The van der Waals surface area contributed by atoms with E-state index >= 15 is 0 Å². The van der Waals surface area contributed by atoms with Crippen molar-refractivity contribution in [2.24, 2.45) is 5.92 Å². The molecular weight excluding hydrogens is 236 g/mol. The summed E-state index contributed by atoms with van der Waals surface area (Å²) in [6.07, 6.45) is 0.715. The standard InChI is InChI=1S/C16H26N2O/c1-13(2)9-17-10-15-8-16(19)12-18(15)11-14-6-4-3-5-7-14/h3-7,13,15-17,19H,8-12H2,1-2H3. The molecule has 1 aromatic rings. The molecule has 0 aromatic heterocycles. The third-order valence-corrected chi connectivity index (χ3v) is 3.67. The number of benzene rings is 1. The molecule has 0 amide bonds. The van der Waals surface area contributed by atoms with Crippen molar-refractivity contribution in [2.75, 3.05) is 19.6 Å². The minimum absolute atomic E-state index is 0.172. The topological polar surface area (TPSA) is 35.5 Å². The highest BCUT2D eigenvalue weighted by Crippen LogP contribution is 2.20. The molecule has 1 aromatic carbocycles. The number of nitrogens with one attached hydrogen (secondary N) is 1. The summed E-state index contributed by atoms with van der Waals surface area (Å²) in [5.41, 5.74) is 1.32. The smallest absolute Gasteiger partial charge is 0.0682 e. The zero-order valence-electron chi connectivity index (χ0n) is 12.0. The van der Waals surface area contributed by atoms with Crippen LogP contribution < -0.4 is 5.32 Å². The molecule has 2 N–H and O–H groups in total. The SMILES string of the molecule is CC(C)CNCC1CC(O)CN1Cc1ccccc1. The lowest BCUT2D eigenvalue weighted by atomic mass is 10.1. The van der Waals surface area contributed by atoms with E-state index < -0.39 is 0 Å². The molecule has 3 heteroatoms. The van der Waals surface area contributed by atoms with Gasteiger partial charge in [0.1, 0.15) is 0 Å². The van der Waals surface area contributed by atoms with Gasteiger partial charge in [-0.1, -0.05) is 44.2 Å². The molecule has 3 nitrogen and oxygen atoms in total. The molecule has 0 radical (unpaired) electrons. The minimum Gasteiger partial charge on any atom is -0.392 e. The van der Waals surface area contributed by atoms with Crippen LogP contribution in [0, 0.1) is 5.92 Å². The Morgan fingerprint density at radius 2 is 2.05 bits per heavy atom. The monoisotopic (exact) mass is 262 g/mol. The van der Waals surface area contributed by atoms with Crippen molar-refractivity contribution in [3.63, 3.8) is 0 Å². The summed E-state index contributed by atoms with van der Waals surface area (Å²) in [4.78, 5) is 2.40. The number of hydrogen-bond donors (Lipinski definition) is 2. The van der Waals surface area contributed by atoms with Crippen LogP contribution in [0.2, 0.25) is 0 Å². The van der Waals surface area contributed by atoms with Gasteiger partial charge in [0.2, 0.25) is 0 Å². The van der Waals surface area contributed by atoms with Gasteiger partial charge in [-0.2, -0.15) is 0 Å². The molecule has 2 unspecified atom stereocenters. The molecule has 1 saturated heterocycles. The Hall–Kier alpha value is -0.900. The third-order valence-electron chi connectivity index (χ3n) is 3.67. The Kier molecular flexibility index (Phi) is 5.37. The first kappa shape index (κ1) is 14.5. The second-order valence-electron chi connectivity index (χ2n) is 6.01. The Morgan fingerprint density at radius 3 is 2.74 bits per heavy atom. The number of aliphatic hydroxyl groups is 1. The summed E-state index contributed by atoms with van der Waals surface area (Å²) in [7, 11) is 0. The molecule has 1 heterocycles. The van der Waals surface area contributed by atoms with E-state index in [1.165, 1.54) is 5.56 Å². The fraction of sp³-hybridized carbons (Fsp3) is 0.625. The Bertz CT molecular complexity index is 366. The van der Waals surface area contributed by atoms with Gasteiger partial charge >= 0.3 is 0 Å². The van der Waals surface area contributed by atoms with Gasteiger partial charge in [-0.05, 0) is 24.4 Å². The number of hydrogen-bond acceptors (Lipinski definition) is 3. The molecular formula is C16H26N2O. The van der Waals surface area contributed by atoms with Gasteiger partial charge in [0, 0.05) is 25.7 Å². The average molecular weight is 262 g/mol. The summed E-state index contributed by atoms with van der Waals surface area (Å²) in [5, 5.41) is 13.4. The molecule has 0 bridgehead atoms. The molecule has 1 aliphatic rings. The van der Waals surface area contributed by atoms with E-state index in [1.807, 2.05) is 6.07 Å². The minimum atomic E-state index is -0.172. The molecule has 1 fully saturated rings. The largest absolute Gasteiger partial charge is 0.392 e. The summed E-state index contributed by atoms with van der Waals surface area (Å²) < 4.78 is 0. The van der Waals surface area contributed by atoms with Crippen LogP contribution >= 0.6 is 0 Å². The van der Waals surface area contributed by atoms with Crippen molar-refractivity contribution in [1.29, 1.82) is 0 Å². The van der Waals surface area contributed by atoms with Crippen LogP contribution in [0.5, 0.6) is 0 Å². The highest BCUT2D eigenvalue weighted by Gasteiger charge is 2.30. The van der Waals surface area contributed by atoms with E-state index in [2.05, 4.69) is 48.3 Å². The predicted octanol–water partition coefficient (Wildman–Crippen LogP) is 1.87. The molecule has 2 rings (SSSR count). The molecule has 1 aliphatic heterocycles. The second-order valence-corrected chi connectivity index (χ2v) is 6.01. The van der Waals surface area contributed by atoms with Gasteiger partial charge in [-0.25, -0.2) is 0 Å². The van der Waals surface area contributed by atoms with E-state index in [0.29, 0.717) is 12.0 Å². The van der Waals surface area contributed by atoms with Gasteiger partial charge < -0.3 is 10.4 Å². The maximum Gasteiger partial charge on any atom is 0.0682 e. The lowest BCUT2D eigenvalue weighted by Gasteiger charge is -2.24. The fourth-order valence-corrected chi connectivity index (χ4v) is 2.72. The Morgan fingerprint density at radius 1 is 1.32 bits per heavy atom. The molecule has 2 atom stereocenters. The zero-order valence-corrected chi connectivity index (χ0v) is 12.0. The number of aliphatic hydroxyl groups excluding tert-OH is 1. The first-order valence-corrected chi connectivity index (χ1v) is 7.32. The van der Waals surface area contributed by atoms with E-state index in [9.17, 15) is 5.11 Å². The van der Waals surface area contributed by atoms with Crippen LogP contribution in [0.25, 0.3) is 0 Å². The van der Waals surface area contributed by atoms with E-state index in [-0.39, 0.29) is 6.10 Å². The van der Waals surface area contributed by atoms with Crippen LogP contribution in [0.15, 0.2) is 30.3 Å². The van der Waals surface area contributed by atoms with Crippen LogP contribution in [-0.4, -0.2) is 41.8 Å². The third kappa shape index (κ3) is 4.60. The second kappa shape index (κ2) is 7.04. The maximum absolute atomic E-state index is 9.89. The van der Waals surface area contributed by atoms with Gasteiger partial charge in [-0.15, -0.1) is 0 Å². The van der Waals surface area contributed by atoms with Crippen molar-refractivity contribution in [3.8, 4) is 0 Å². The summed E-state index contributed by atoms with van der Waals surface area (Å²) in [5.74, 6) is 0.675. The summed E-state index contributed by atoms with van der Waals surface area (Å²) in [6, 6.07) is 11.0. The van der Waals surface area contributed by atoms with Crippen molar-refractivity contribution < 1.29 is 5.11 Å². The highest BCUT2D eigenvalue weighted by atomic mass is 16.3. The molecule has 19 heavy (non-hydrogen) atoms. The number of β-amino-alcohol motifs (C(OH)–C–C–N with tert-alkyl or cyclic N) is 1. The molecule has 106 valence electrons. The Labute approximate surface area is 116 Å². The normalized spacial score (nSPS) is 24.2. The molecule has 0 aliphatic carbocycles. The quantitative estimate of drug-likeness (QED) is 0.821. The molecule has 0 spiro atoms. The summed E-state index contributed by atoms with van der Waals surface area (Å²) >= 11 is 0.